The molecule has 0 bridgehead atoms. The van der Waals surface area contributed by atoms with E-state index in [1.165, 1.54) is 0 Å². The number of ether oxygens (including phenoxy) is 1. The summed E-state index contributed by atoms with van der Waals surface area (Å²) in [6, 6.07) is 14.1. The van der Waals surface area contributed by atoms with Crippen molar-refractivity contribution in [2.75, 3.05) is 13.2 Å². The molecule has 3 aromatic heterocycles. The second-order valence-electron chi connectivity index (χ2n) is 9.37. The van der Waals surface area contributed by atoms with Gasteiger partial charge in [-0.3, -0.25) is 4.79 Å². The van der Waals surface area contributed by atoms with Crippen molar-refractivity contribution in [3.63, 3.8) is 0 Å². The molecule has 4 heterocycles. The fourth-order valence-electron chi connectivity index (χ4n) is 4.81. The summed E-state index contributed by atoms with van der Waals surface area (Å²) in [6.07, 6.45) is 7.81. The lowest BCUT2D eigenvalue weighted by atomic mass is 9.64. The van der Waals surface area contributed by atoms with Gasteiger partial charge in [0.25, 0.3) is 5.91 Å². The zero-order chi connectivity index (χ0) is 23.1. The molecular weight excluding hydrogens is 430 g/mol. The Hall–Kier alpha value is -3.78. The molecule has 8 nitrogen and oxygen atoms in total. The smallest absolute Gasteiger partial charge is 0.270 e. The van der Waals surface area contributed by atoms with Gasteiger partial charge in [0.05, 0.1) is 13.2 Å². The minimum Gasteiger partial charge on any atom is -0.449 e. The number of carbonyl (C=O) groups excluding carboxylic acids is 1. The number of aromatic nitrogens is 4. The zero-order valence-electron chi connectivity index (χ0n) is 18.9. The molecule has 2 fully saturated rings. The number of aryl methyl sites for hydroxylation is 1. The largest absolute Gasteiger partial charge is 0.449 e. The van der Waals surface area contributed by atoms with Crippen LogP contribution >= 0.6 is 0 Å². The molecule has 172 valence electrons. The Bertz CT molecular complexity index is 1310. The Balaban J connectivity index is 1.22. The van der Waals surface area contributed by atoms with Gasteiger partial charge >= 0.3 is 0 Å². The van der Waals surface area contributed by atoms with E-state index in [1.807, 2.05) is 43.5 Å². The Labute approximate surface area is 197 Å². The number of nitrogens with zero attached hydrogens (tertiary/aromatic N) is 4. The fourth-order valence-corrected chi connectivity index (χ4v) is 4.81. The predicted octanol–water partition coefficient (Wildman–Crippen LogP) is 3.73. The summed E-state index contributed by atoms with van der Waals surface area (Å²) < 4.78 is 12.3. The summed E-state index contributed by atoms with van der Waals surface area (Å²) in [7, 11) is 0. The van der Waals surface area contributed by atoms with Crippen LogP contribution in [0, 0.1) is 12.3 Å². The Morgan fingerprint density at radius 2 is 1.97 bits per heavy atom. The third-order valence-corrected chi connectivity index (χ3v) is 6.63. The molecule has 8 heteroatoms. The van der Waals surface area contributed by atoms with E-state index in [4.69, 9.17) is 9.15 Å². The molecule has 2 aliphatic rings. The molecule has 0 radical (unpaired) electrons. The second-order valence-corrected chi connectivity index (χ2v) is 9.37. The molecule has 1 aromatic carbocycles. The highest BCUT2D eigenvalue weighted by Gasteiger charge is 2.50. The first-order chi connectivity index (χ1) is 16.6. The summed E-state index contributed by atoms with van der Waals surface area (Å²) in [6.45, 7) is 3.45. The molecule has 6 rings (SSSR count). The van der Waals surface area contributed by atoms with Crippen LogP contribution in [0.15, 0.2) is 65.5 Å². The third-order valence-electron chi connectivity index (χ3n) is 6.63. The molecule has 1 spiro atoms. The Morgan fingerprint density at radius 3 is 2.62 bits per heavy atom. The van der Waals surface area contributed by atoms with Gasteiger partial charge in [-0.15, -0.1) is 0 Å². The molecule has 1 saturated heterocycles. The van der Waals surface area contributed by atoms with Gasteiger partial charge in [0.2, 0.25) is 0 Å². The number of rotatable bonds is 6. The zero-order valence-corrected chi connectivity index (χ0v) is 18.9. The molecule has 4 aromatic rings. The predicted molar refractivity (Wildman–Crippen MR) is 125 cm³/mol. The molecule has 34 heavy (non-hydrogen) atoms. The number of nitrogens with one attached hydrogen (secondary N) is 1. The number of amides is 1. The standard InChI is InChI=1S/C26H25N5O3/c1-17-28-23(14-34-17)20-5-3-18(4-6-20)9-19-10-22(30-24(11-19)31-8-2-7-27-31)25(32)29-21-12-26(13-21)15-33-16-26/h2-8,10-11,14,21H,9,12-13,15-16H2,1H3,(H,29,32). The minimum absolute atomic E-state index is 0.146. The Morgan fingerprint density at radius 1 is 1.15 bits per heavy atom. The quantitative estimate of drug-likeness (QED) is 0.476. The van der Waals surface area contributed by atoms with Crippen molar-refractivity contribution in [1.29, 1.82) is 0 Å². The number of pyridine rings is 1. The number of carbonyl (C=O) groups is 1. The average molecular weight is 456 g/mol. The first-order valence-electron chi connectivity index (χ1n) is 11.5. The molecule has 0 atom stereocenters. The van der Waals surface area contributed by atoms with Crippen LogP contribution in [-0.2, 0) is 11.2 Å². The third kappa shape index (κ3) is 4.01. The molecule has 1 saturated carbocycles. The van der Waals surface area contributed by atoms with Crippen LogP contribution < -0.4 is 5.32 Å². The molecule has 1 amide bonds. The molecule has 1 aliphatic carbocycles. The maximum absolute atomic E-state index is 13.0. The van der Waals surface area contributed by atoms with E-state index in [0.29, 0.717) is 29.2 Å². The van der Waals surface area contributed by atoms with E-state index in [2.05, 4.69) is 32.5 Å². The van der Waals surface area contributed by atoms with E-state index in [0.717, 1.165) is 48.4 Å². The number of oxazole rings is 1. The minimum atomic E-state index is -0.146. The first kappa shape index (κ1) is 20.8. The van der Waals surface area contributed by atoms with Crippen molar-refractivity contribution in [3.8, 4) is 17.1 Å². The van der Waals surface area contributed by atoms with Gasteiger partial charge < -0.3 is 14.5 Å². The van der Waals surface area contributed by atoms with Crippen molar-refractivity contribution >= 4 is 5.91 Å². The van der Waals surface area contributed by atoms with Crippen LogP contribution in [0.1, 0.15) is 40.3 Å². The van der Waals surface area contributed by atoms with Crippen LogP contribution in [-0.4, -0.2) is 44.9 Å². The molecule has 0 unspecified atom stereocenters. The van der Waals surface area contributed by atoms with Crippen molar-refractivity contribution in [1.82, 2.24) is 25.1 Å². The van der Waals surface area contributed by atoms with Crippen molar-refractivity contribution in [3.05, 3.63) is 83.8 Å². The van der Waals surface area contributed by atoms with E-state index in [-0.39, 0.29) is 11.9 Å². The van der Waals surface area contributed by atoms with E-state index in [1.54, 1.807) is 17.1 Å². The van der Waals surface area contributed by atoms with Crippen LogP contribution in [0.4, 0.5) is 0 Å². The van der Waals surface area contributed by atoms with Crippen molar-refractivity contribution < 1.29 is 13.9 Å². The lowest BCUT2D eigenvalue weighted by molar-refractivity contribution is -0.165. The van der Waals surface area contributed by atoms with Gasteiger partial charge in [-0.1, -0.05) is 24.3 Å². The first-order valence-corrected chi connectivity index (χ1v) is 11.5. The average Bonchev–Trinajstić information content (AvgIpc) is 3.47. The number of hydrogen-bond donors (Lipinski definition) is 1. The normalized spacial score (nSPS) is 16.7. The fraction of sp³-hybridized carbons (Fsp3) is 0.308. The SMILES string of the molecule is Cc1nc(-c2ccc(Cc3cc(C(=O)NC4CC5(COC5)C4)nc(-n4cccn4)c3)cc2)co1. The summed E-state index contributed by atoms with van der Waals surface area (Å²) >= 11 is 0. The van der Waals surface area contributed by atoms with Crippen LogP contribution in [0.25, 0.3) is 17.1 Å². The highest BCUT2D eigenvalue weighted by Crippen LogP contribution is 2.46. The number of benzene rings is 1. The van der Waals surface area contributed by atoms with Crippen molar-refractivity contribution in [2.45, 2.75) is 32.2 Å². The van der Waals surface area contributed by atoms with Gasteiger partial charge in [-0.25, -0.2) is 14.6 Å². The van der Waals surface area contributed by atoms with Gasteiger partial charge in [-0.05, 0) is 48.6 Å². The van der Waals surface area contributed by atoms with E-state index >= 15 is 0 Å². The second kappa shape index (κ2) is 8.22. The van der Waals surface area contributed by atoms with Gasteiger partial charge in [0.15, 0.2) is 11.7 Å². The van der Waals surface area contributed by atoms with Crippen LogP contribution in [0.2, 0.25) is 0 Å². The van der Waals surface area contributed by atoms with Gasteiger partial charge in [0, 0.05) is 36.3 Å². The Kier molecular flexibility index (Phi) is 5.03. The lowest BCUT2D eigenvalue weighted by Gasteiger charge is -2.53. The highest BCUT2D eigenvalue weighted by atomic mass is 16.5. The lowest BCUT2D eigenvalue weighted by Crippen LogP contribution is -2.59. The maximum atomic E-state index is 13.0. The highest BCUT2D eigenvalue weighted by molar-refractivity contribution is 5.93. The van der Waals surface area contributed by atoms with Gasteiger partial charge in [0.1, 0.15) is 17.7 Å². The monoisotopic (exact) mass is 455 g/mol. The summed E-state index contributed by atoms with van der Waals surface area (Å²) in [5.41, 5.74) is 4.64. The van der Waals surface area contributed by atoms with Gasteiger partial charge in [-0.2, -0.15) is 5.10 Å². The van der Waals surface area contributed by atoms with Crippen LogP contribution in [0.3, 0.4) is 0 Å². The molecular formula is C26H25N5O3. The summed E-state index contributed by atoms with van der Waals surface area (Å²) in [5.74, 6) is 1.12. The van der Waals surface area contributed by atoms with E-state index in [9.17, 15) is 4.79 Å². The van der Waals surface area contributed by atoms with Crippen LogP contribution in [0.5, 0.6) is 0 Å². The van der Waals surface area contributed by atoms with Crippen molar-refractivity contribution in [2.24, 2.45) is 5.41 Å². The molecule has 1 aliphatic heterocycles. The summed E-state index contributed by atoms with van der Waals surface area (Å²) in [4.78, 5) is 22.0. The van der Waals surface area contributed by atoms with E-state index < -0.39 is 0 Å². The topological polar surface area (TPSA) is 95.1 Å². The number of hydrogen-bond acceptors (Lipinski definition) is 6. The molecule has 1 N–H and O–H groups in total. The summed E-state index contributed by atoms with van der Waals surface area (Å²) in [5, 5.41) is 7.45. The maximum Gasteiger partial charge on any atom is 0.270 e.